The number of rotatable bonds is 7. The van der Waals surface area contributed by atoms with Crippen LogP contribution in [0.1, 0.15) is 72.1 Å². The fourth-order valence-corrected chi connectivity index (χ4v) is 6.22. The average Bonchev–Trinajstić information content (AvgIpc) is 2.41. The Kier molecular flexibility index (Phi) is 4.75. The molecule has 4 rings (SSSR count). The molecule has 0 amide bonds. The molecule has 0 spiro atoms. The zero-order valence-corrected chi connectivity index (χ0v) is 13.9. The van der Waals surface area contributed by atoms with Gasteiger partial charge in [0.05, 0.1) is 0 Å². The summed E-state index contributed by atoms with van der Waals surface area (Å²) in [6.07, 6.45) is 11.9. The van der Waals surface area contributed by atoms with Gasteiger partial charge in [0, 0.05) is 6.04 Å². The maximum absolute atomic E-state index is 3.98. The highest BCUT2D eigenvalue weighted by Gasteiger charge is 2.50. The fraction of sp³-hybridized carbons (Fsp3) is 1.00. The Bertz CT molecular complexity index is 283. The first-order chi connectivity index (χ1) is 9.72. The maximum atomic E-state index is 3.98. The van der Waals surface area contributed by atoms with Crippen LogP contribution < -0.4 is 5.32 Å². The van der Waals surface area contributed by atoms with Crippen molar-refractivity contribution < 1.29 is 0 Å². The van der Waals surface area contributed by atoms with Crippen molar-refractivity contribution in [3.8, 4) is 0 Å². The van der Waals surface area contributed by atoms with Crippen LogP contribution in [0.25, 0.3) is 0 Å². The standard InChI is InChI=1S/C19H35N/c1-4-6-13(3)19(20-7-5-2)18-16-9-14-8-15(11-16)12-17(18)10-14/h13-20H,4-12H2,1-3H3. The van der Waals surface area contributed by atoms with Crippen LogP contribution in [0, 0.1) is 35.5 Å². The van der Waals surface area contributed by atoms with E-state index in [-0.39, 0.29) is 0 Å². The SMILES string of the molecule is CCCNC(C(C)CCC)C1C2CC3CC(C2)CC1C3. The summed E-state index contributed by atoms with van der Waals surface area (Å²) in [6, 6.07) is 0.810. The Balaban J connectivity index is 1.72. The molecule has 0 radical (unpaired) electrons. The van der Waals surface area contributed by atoms with E-state index >= 15 is 0 Å². The Labute approximate surface area is 126 Å². The van der Waals surface area contributed by atoms with Crippen LogP contribution in [0.2, 0.25) is 0 Å². The molecule has 2 unspecified atom stereocenters. The van der Waals surface area contributed by atoms with Crippen molar-refractivity contribution in [2.45, 2.75) is 78.2 Å². The monoisotopic (exact) mass is 277 g/mol. The molecule has 0 heterocycles. The van der Waals surface area contributed by atoms with E-state index < -0.39 is 0 Å². The summed E-state index contributed by atoms with van der Waals surface area (Å²) in [4.78, 5) is 0. The molecule has 0 aromatic rings. The third-order valence-electron chi connectivity index (χ3n) is 6.70. The Morgan fingerprint density at radius 2 is 1.50 bits per heavy atom. The van der Waals surface area contributed by atoms with Gasteiger partial charge in [0.25, 0.3) is 0 Å². The summed E-state index contributed by atoms with van der Waals surface area (Å²) in [6.45, 7) is 8.40. The fourth-order valence-electron chi connectivity index (χ4n) is 6.22. The Morgan fingerprint density at radius 1 is 0.900 bits per heavy atom. The smallest absolute Gasteiger partial charge is 0.0126 e. The van der Waals surface area contributed by atoms with E-state index in [0.29, 0.717) is 0 Å². The summed E-state index contributed by atoms with van der Waals surface area (Å²) in [5, 5.41) is 3.98. The van der Waals surface area contributed by atoms with Gasteiger partial charge in [-0.15, -0.1) is 0 Å². The minimum absolute atomic E-state index is 0.810. The minimum atomic E-state index is 0.810. The maximum Gasteiger partial charge on any atom is 0.0126 e. The third-order valence-corrected chi connectivity index (χ3v) is 6.70. The lowest BCUT2D eigenvalue weighted by molar-refractivity contribution is -0.0600. The Hall–Kier alpha value is -0.0400. The van der Waals surface area contributed by atoms with E-state index in [4.69, 9.17) is 0 Å². The van der Waals surface area contributed by atoms with Crippen LogP contribution in [0.15, 0.2) is 0 Å². The van der Waals surface area contributed by atoms with Gasteiger partial charge in [0.15, 0.2) is 0 Å². The van der Waals surface area contributed by atoms with E-state index in [1.165, 1.54) is 25.8 Å². The van der Waals surface area contributed by atoms with E-state index in [1.54, 1.807) is 32.1 Å². The quantitative estimate of drug-likeness (QED) is 0.700. The van der Waals surface area contributed by atoms with Crippen molar-refractivity contribution >= 4 is 0 Å². The average molecular weight is 277 g/mol. The zero-order chi connectivity index (χ0) is 14.1. The second-order valence-corrected chi connectivity index (χ2v) is 8.25. The predicted molar refractivity (Wildman–Crippen MR) is 86.7 cm³/mol. The molecule has 20 heavy (non-hydrogen) atoms. The summed E-state index contributed by atoms with van der Waals surface area (Å²) >= 11 is 0. The highest BCUT2D eigenvalue weighted by atomic mass is 14.9. The van der Waals surface area contributed by atoms with E-state index in [9.17, 15) is 0 Å². The van der Waals surface area contributed by atoms with Gasteiger partial charge < -0.3 is 5.32 Å². The van der Waals surface area contributed by atoms with Crippen LogP contribution in [-0.4, -0.2) is 12.6 Å². The normalized spacial score (nSPS) is 41.9. The highest BCUT2D eigenvalue weighted by molar-refractivity contribution is 5.02. The molecule has 1 heteroatoms. The van der Waals surface area contributed by atoms with E-state index in [2.05, 4.69) is 26.1 Å². The molecule has 1 nitrogen and oxygen atoms in total. The summed E-state index contributed by atoms with van der Waals surface area (Å²) in [5.74, 6) is 6.24. The number of hydrogen-bond acceptors (Lipinski definition) is 1. The lowest BCUT2D eigenvalue weighted by Crippen LogP contribution is -2.55. The van der Waals surface area contributed by atoms with Gasteiger partial charge >= 0.3 is 0 Å². The van der Waals surface area contributed by atoms with E-state index in [1.807, 2.05) is 0 Å². The van der Waals surface area contributed by atoms with Crippen molar-refractivity contribution in [3.63, 3.8) is 0 Å². The second-order valence-electron chi connectivity index (χ2n) is 8.25. The first-order valence-corrected chi connectivity index (χ1v) is 9.46. The van der Waals surface area contributed by atoms with Crippen molar-refractivity contribution in [3.05, 3.63) is 0 Å². The molecule has 0 aromatic heterocycles. The van der Waals surface area contributed by atoms with Gasteiger partial charge in [-0.3, -0.25) is 0 Å². The molecule has 0 saturated heterocycles. The van der Waals surface area contributed by atoms with Crippen molar-refractivity contribution in [1.29, 1.82) is 0 Å². The van der Waals surface area contributed by atoms with Crippen molar-refractivity contribution in [1.82, 2.24) is 5.32 Å². The first-order valence-electron chi connectivity index (χ1n) is 9.46. The summed E-state index contributed by atoms with van der Waals surface area (Å²) in [7, 11) is 0. The third kappa shape index (κ3) is 2.80. The van der Waals surface area contributed by atoms with E-state index in [0.717, 1.165) is 41.5 Å². The molecule has 4 aliphatic carbocycles. The molecule has 4 bridgehead atoms. The highest BCUT2D eigenvalue weighted by Crippen LogP contribution is 2.58. The molecular formula is C19H35N. The topological polar surface area (TPSA) is 12.0 Å². The van der Waals surface area contributed by atoms with Crippen LogP contribution >= 0.6 is 0 Å². The number of hydrogen-bond donors (Lipinski definition) is 1. The van der Waals surface area contributed by atoms with Crippen molar-refractivity contribution in [2.24, 2.45) is 35.5 Å². The zero-order valence-electron chi connectivity index (χ0n) is 13.9. The molecule has 0 aromatic carbocycles. The van der Waals surface area contributed by atoms with Crippen LogP contribution in [0.4, 0.5) is 0 Å². The van der Waals surface area contributed by atoms with Gasteiger partial charge in [-0.2, -0.15) is 0 Å². The molecule has 4 aliphatic rings. The second kappa shape index (κ2) is 6.38. The van der Waals surface area contributed by atoms with Crippen molar-refractivity contribution in [2.75, 3.05) is 6.54 Å². The van der Waals surface area contributed by atoms with Crippen LogP contribution in [0.3, 0.4) is 0 Å². The molecule has 4 fully saturated rings. The van der Waals surface area contributed by atoms with Gasteiger partial charge in [-0.25, -0.2) is 0 Å². The Morgan fingerprint density at radius 3 is 2.00 bits per heavy atom. The van der Waals surface area contributed by atoms with Gasteiger partial charge in [-0.05, 0) is 87.0 Å². The van der Waals surface area contributed by atoms with Gasteiger partial charge in [-0.1, -0.05) is 27.2 Å². The molecular weight excluding hydrogens is 242 g/mol. The molecule has 4 saturated carbocycles. The molecule has 2 atom stereocenters. The summed E-state index contributed by atoms with van der Waals surface area (Å²) in [5.41, 5.74) is 0. The van der Waals surface area contributed by atoms with Crippen LogP contribution in [0.5, 0.6) is 0 Å². The molecule has 0 aliphatic heterocycles. The summed E-state index contributed by atoms with van der Waals surface area (Å²) < 4.78 is 0. The lowest BCUT2D eigenvalue weighted by atomic mass is 9.49. The largest absolute Gasteiger partial charge is 0.313 e. The number of nitrogens with one attached hydrogen (secondary N) is 1. The lowest BCUT2D eigenvalue weighted by Gasteiger charge is -2.57. The van der Waals surface area contributed by atoms with Crippen LogP contribution in [-0.2, 0) is 0 Å². The molecule has 116 valence electrons. The predicted octanol–water partition coefficient (Wildman–Crippen LogP) is 4.86. The first kappa shape index (κ1) is 14.9. The minimum Gasteiger partial charge on any atom is -0.313 e. The molecule has 1 N–H and O–H groups in total. The van der Waals surface area contributed by atoms with Gasteiger partial charge in [0.2, 0.25) is 0 Å². The van der Waals surface area contributed by atoms with Gasteiger partial charge in [0.1, 0.15) is 0 Å².